The van der Waals surface area contributed by atoms with E-state index < -0.39 is 15.8 Å². The van der Waals surface area contributed by atoms with Crippen LogP contribution in [0, 0.1) is 0 Å². The van der Waals surface area contributed by atoms with Gasteiger partial charge in [-0.15, -0.1) is 0 Å². The number of sulfone groups is 1. The van der Waals surface area contributed by atoms with Crippen molar-refractivity contribution in [2.45, 2.75) is 4.90 Å². The molecule has 31 heavy (non-hydrogen) atoms. The normalized spacial score (nSPS) is 11.6. The van der Waals surface area contributed by atoms with Crippen molar-refractivity contribution in [1.29, 1.82) is 0 Å². The molecule has 0 amide bonds. The van der Waals surface area contributed by atoms with E-state index in [9.17, 15) is 18.3 Å². The molecule has 8 nitrogen and oxygen atoms in total. The highest BCUT2D eigenvalue weighted by atomic mass is 35.5. The van der Waals surface area contributed by atoms with Gasteiger partial charge in [-0.3, -0.25) is 0 Å². The standard InChI is InChI=1S/C19H12Cl2N4O4S2/c1-31(28,29)11-6-4-5-10(9-11)18-22-17(24-30-18)16-14(21)15(19(26)27)23-25(16)13-8-3-2-7-12(13)20/h2-9H,1H3,(H,26,27). The molecule has 2 aromatic heterocycles. The molecular formula is C19H12Cl2N4O4S2. The third-order valence-electron chi connectivity index (χ3n) is 4.26. The molecular weight excluding hydrogens is 483 g/mol. The maximum absolute atomic E-state index is 11.9. The molecule has 0 unspecified atom stereocenters. The van der Waals surface area contributed by atoms with Gasteiger partial charge >= 0.3 is 5.97 Å². The quantitative estimate of drug-likeness (QED) is 0.435. The van der Waals surface area contributed by atoms with Gasteiger partial charge in [0.25, 0.3) is 0 Å². The minimum Gasteiger partial charge on any atom is -0.476 e. The number of halogens is 2. The van der Waals surface area contributed by atoms with Crippen molar-refractivity contribution < 1.29 is 18.3 Å². The number of benzene rings is 2. The van der Waals surface area contributed by atoms with E-state index in [4.69, 9.17) is 23.2 Å². The Kier molecular flexibility index (Phi) is 5.56. The molecule has 0 saturated heterocycles. The van der Waals surface area contributed by atoms with Gasteiger partial charge in [0.15, 0.2) is 21.4 Å². The first-order chi connectivity index (χ1) is 14.7. The smallest absolute Gasteiger partial charge is 0.358 e. The lowest BCUT2D eigenvalue weighted by Gasteiger charge is -2.07. The second-order valence-electron chi connectivity index (χ2n) is 6.40. The Labute approximate surface area is 190 Å². The molecule has 0 atom stereocenters. The summed E-state index contributed by atoms with van der Waals surface area (Å²) in [6, 6.07) is 13.0. The molecule has 4 aromatic rings. The van der Waals surface area contributed by atoms with Gasteiger partial charge in [-0.25, -0.2) is 22.9 Å². The third kappa shape index (κ3) is 4.07. The highest BCUT2D eigenvalue weighted by molar-refractivity contribution is 7.90. The summed E-state index contributed by atoms with van der Waals surface area (Å²) in [5, 5.41) is 14.2. The summed E-state index contributed by atoms with van der Waals surface area (Å²) in [7, 11) is -3.40. The summed E-state index contributed by atoms with van der Waals surface area (Å²) in [4.78, 5) is 16.2. The summed E-state index contributed by atoms with van der Waals surface area (Å²) in [6.07, 6.45) is 1.12. The van der Waals surface area contributed by atoms with Crippen molar-refractivity contribution in [1.82, 2.24) is 19.1 Å². The molecule has 158 valence electrons. The van der Waals surface area contributed by atoms with E-state index in [-0.39, 0.29) is 27.1 Å². The number of aromatic carboxylic acids is 1. The molecule has 0 radical (unpaired) electrons. The number of carbonyl (C=O) groups is 1. The van der Waals surface area contributed by atoms with Crippen LogP contribution in [0.3, 0.4) is 0 Å². The molecule has 1 N–H and O–H groups in total. The van der Waals surface area contributed by atoms with Crippen molar-refractivity contribution in [3.63, 3.8) is 0 Å². The van der Waals surface area contributed by atoms with Crippen LogP contribution in [0.15, 0.2) is 53.4 Å². The zero-order valence-corrected chi connectivity index (χ0v) is 18.8. The number of rotatable bonds is 5. The summed E-state index contributed by atoms with van der Waals surface area (Å²) >= 11 is 13.6. The molecule has 0 aliphatic carbocycles. The summed E-state index contributed by atoms with van der Waals surface area (Å²) in [6.45, 7) is 0. The average molecular weight is 495 g/mol. The fourth-order valence-electron chi connectivity index (χ4n) is 2.82. The molecule has 0 aliphatic heterocycles. The molecule has 12 heteroatoms. The molecule has 0 bridgehead atoms. The van der Waals surface area contributed by atoms with E-state index in [1.54, 1.807) is 36.4 Å². The largest absolute Gasteiger partial charge is 0.476 e. The number of para-hydroxylation sites is 1. The molecule has 0 aliphatic rings. The van der Waals surface area contributed by atoms with Crippen LogP contribution in [0.25, 0.3) is 27.8 Å². The van der Waals surface area contributed by atoms with Crippen molar-refractivity contribution in [3.8, 4) is 27.8 Å². The molecule has 2 heterocycles. The fraction of sp³-hybridized carbons (Fsp3) is 0.0526. The Morgan fingerprint density at radius 2 is 1.87 bits per heavy atom. The lowest BCUT2D eigenvalue weighted by atomic mass is 10.2. The zero-order valence-electron chi connectivity index (χ0n) is 15.7. The fourth-order valence-corrected chi connectivity index (χ4v) is 4.65. The van der Waals surface area contributed by atoms with Crippen LogP contribution in [-0.2, 0) is 9.84 Å². The van der Waals surface area contributed by atoms with Gasteiger partial charge in [-0.1, -0.05) is 47.5 Å². The van der Waals surface area contributed by atoms with Crippen LogP contribution in [0.2, 0.25) is 10.0 Å². The van der Waals surface area contributed by atoms with Gasteiger partial charge in [-0.05, 0) is 35.8 Å². The highest BCUT2D eigenvalue weighted by Gasteiger charge is 2.27. The Bertz CT molecular complexity index is 1430. The Balaban J connectivity index is 1.88. The van der Waals surface area contributed by atoms with E-state index in [0.717, 1.165) is 17.8 Å². The first kappa shape index (κ1) is 21.4. The topological polar surface area (TPSA) is 115 Å². The maximum atomic E-state index is 11.9. The summed E-state index contributed by atoms with van der Waals surface area (Å²) in [5.74, 6) is -1.18. The van der Waals surface area contributed by atoms with Gasteiger partial charge < -0.3 is 5.11 Å². The van der Waals surface area contributed by atoms with Gasteiger partial charge in [0, 0.05) is 11.8 Å². The SMILES string of the molecule is CS(=O)(=O)c1cccc(-c2nc(-c3c(Cl)c(C(=O)O)nn3-c3ccccc3Cl)ns2)c1. The lowest BCUT2D eigenvalue weighted by Crippen LogP contribution is -2.03. The summed E-state index contributed by atoms with van der Waals surface area (Å²) in [5.41, 5.74) is 0.745. The maximum Gasteiger partial charge on any atom is 0.358 e. The second kappa shape index (κ2) is 8.04. The number of hydrogen-bond acceptors (Lipinski definition) is 7. The van der Waals surface area contributed by atoms with Crippen LogP contribution < -0.4 is 0 Å². The molecule has 0 spiro atoms. The molecule has 0 fully saturated rings. The van der Waals surface area contributed by atoms with Gasteiger partial charge in [0.1, 0.15) is 15.7 Å². The van der Waals surface area contributed by atoms with E-state index in [2.05, 4.69) is 14.5 Å². The van der Waals surface area contributed by atoms with Crippen molar-refractivity contribution >= 4 is 50.5 Å². The number of carboxylic acid groups (broad SMARTS) is 1. The van der Waals surface area contributed by atoms with Crippen LogP contribution in [0.4, 0.5) is 0 Å². The monoisotopic (exact) mass is 494 g/mol. The Morgan fingerprint density at radius 1 is 1.13 bits per heavy atom. The first-order valence-electron chi connectivity index (χ1n) is 8.58. The summed E-state index contributed by atoms with van der Waals surface area (Å²) < 4.78 is 29.3. The Morgan fingerprint density at radius 3 is 2.55 bits per heavy atom. The second-order valence-corrected chi connectivity index (χ2v) is 9.96. The van der Waals surface area contributed by atoms with Gasteiger partial charge in [0.2, 0.25) is 0 Å². The van der Waals surface area contributed by atoms with E-state index in [1.165, 1.54) is 16.8 Å². The van der Waals surface area contributed by atoms with E-state index in [0.29, 0.717) is 21.3 Å². The minimum atomic E-state index is -3.40. The Hall–Kier alpha value is -2.79. The predicted molar refractivity (Wildman–Crippen MR) is 118 cm³/mol. The number of carboxylic acids is 1. The first-order valence-corrected chi connectivity index (χ1v) is 12.0. The van der Waals surface area contributed by atoms with Crippen molar-refractivity contribution in [2.75, 3.05) is 6.26 Å². The van der Waals surface area contributed by atoms with Crippen molar-refractivity contribution in [2.24, 2.45) is 0 Å². The number of nitrogens with zero attached hydrogens (tertiary/aromatic N) is 4. The predicted octanol–water partition coefficient (Wildman–Crippen LogP) is 4.47. The number of aromatic nitrogens is 4. The van der Waals surface area contributed by atoms with E-state index in [1.807, 2.05) is 0 Å². The zero-order chi connectivity index (χ0) is 22.3. The minimum absolute atomic E-state index is 0.134. The average Bonchev–Trinajstić information content (AvgIpc) is 3.32. The van der Waals surface area contributed by atoms with Crippen LogP contribution >= 0.6 is 34.7 Å². The van der Waals surface area contributed by atoms with Gasteiger partial charge in [-0.2, -0.15) is 9.47 Å². The molecule has 2 aromatic carbocycles. The lowest BCUT2D eigenvalue weighted by molar-refractivity contribution is 0.0690. The van der Waals surface area contributed by atoms with Gasteiger partial charge in [0.05, 0.1) is 15.6 Å². The number of hydrogen-bond donors (Lipinski definition) is 1. The van der Waals surface area contributed by atoms with Crippen LogP contribution in [-0.4, -0.2) is 44.9 Å². The third-order valence-corrected chi connectivity index (χ3v) is 6.81. The van der Waals surface area contributed by atoms with Crippen LogP contribution in [0.1, 0.15) is 10.5 Å². The van der Waals surface area contributed by atoms with Crippen LogP contribution in [0.5, 0.6) is 0 Å². The molecule has 0 saturated carbocycles. The van der Waals surface area contributed by atoms with E-state index >= 15 is 0 Å². The highest BCUT2D eigenvalue weighted by Crippen LogP contribution is 2.35. The van der Waals surface area contributed by atoms with Crippen molar-refractivity contribution in [3.05, 3.63) is 64.3 Å². The molecule has 4 rings (SSSR count).